The van der Waals surface area contributed by atoms with Crippen LogP contribution >= 0.6 is 0 Å². The number of carbonyl (C=O) groups excluding carboxylic acids is 2. The fourth-order valence-electron chi connectivity index (χ4n) is 2.77. The third-order valence-corrected chi connectivity index (χ3v) is 4.12. The molecule has 0 saturated heterocycles. The molecule has 1 heterocycles. The van der Waals surface area contributed by atoms with Gasteiger partial charge in [-0.3, -0.25) is 14.9 Å². The molecule has 0 atom stereocenters. The number of anilines is 1. The van der Waals surface area contributed by atoms with Crippen molar-refractivity contribution in [2.45, 2.75) is 20.3 Å². The van der Waals surface area contributed by atoms with E-state index in [4.69, 9.17) is 4.74 Å². The molecule has 2 aromatic rings. The highest BCUT2D eigenvalue weighted by Gasteiger charge is 2.23. The van der Waals surface area contributed by atoms with Gasteiger partial charge in [-0.25, -0.2) is 4.79 Å². The summed E-state index contributed by atoms with van der Waals surface area (Å²) >= 11 is 0. The number of hydrogen-bond donors (Lipinski definition) is 3. The number of methoxy groups -OCH3 is 1. The Kier molecular flexibility index (Phi) is 6.53. The molecule has 3 N–H and O–H groups in total. The van der Waals surface area contributed by atoms with Crippen molar-refractivity contribution >= 4 is 23.3 Å². The van der Waals surface area contributed by atoms with Gasteiger partial charge < -0.3 is 20.4 Å². The minimum absolute atomic E-state index is 0.0284. The minimum Gasteiger partial charge on any atom is -0.465 e. The second kappa shape index (κ2) is 8.84. The Hall–Kier alpha value is -3.36. The van der Waals surface area contributed by atoms with E-state index in [0.29, 0.717) is 41.2 Å². The summed E-state index contributed by atoms with van der Waals surface area (Å²) in [5, 5.41) is 16.6. The Morgan fingerprint density at radius 1 is 1.26 bits per heavy atom. The number of nitrogens with zero attached hydrogens (tertiary/aromatic N) is 1. The average Bonchev–Trinajstić information content (AvgIpc) is 3.01. The van der Waals surface area contributed by atoms with Gasteiger partial charge in [0.25, 0.3) is 11.6 Å². The topological polar surface area (TPSA) is 126 Å². The summed E-state index contributed by atoms with van der Waals surface area (Å²) in [5.41, 5.74) is 2.21. The van der Waals surface area contributed by atoms with Crippen LogP contribution in [0.4, 0.5) is 11.4 Å². The van der Waals surface area contributed by atoms with Crippen LogP contribution < -0.4 is 10.6 Å². The quantitative estimate of drug-likeness (QED) is 0.282. The molecule has 0 saturated carbocycles. The van der Waals surface area contributed by atoms with Crippen molar-refractivity contribution in [1.29, 1.82) is 0 Å². The number of amides is 1. The molecule has 2 rings (SSSR count). The largest absolute Gasteiger partial charge is 0.465 e. The summed E-state index contributed by atoms with van der Waals surface area (Å²) in [7, 11) is 1.29. The van der Waals surface area contributed by atoms with Crippen molar-refractivity contribution in [3.05, 3.63) is 56.9 Å². The van der Waals surface area contributed by atoms with Crippen LogP contribution in [0, 0.1) is 17.0 Å². The maximum Gasteiger partial charge on any atom is 0.339 e. The fraction of sp³-hybridized carbons (Fsp3) is 0.333. The maximum absolute atomic E-state index is 12.4. The molecule has 0 aliphatic carbocycles. The number of nitro groups is 1. The number of rotatable bonds is 8. The summed E-state index contributed by atoms with van der Waals surface area (Å²) in [6, 6.07) is 6.29. The first-order valence-electron chi connectivity index (χ1n) is 8.45. The first kappa shape index (κ1) is 20.0. The molecule has 0 fully saturated rings. The van der Waals surface area contributed by atoms with E-state index in [1.165, 1.54) is 13.2 Å². The van der Waals surface area contributed by atoms with Crippen molar-refractivity contribution in [2.24, 2.45) is 0 Å². The lowest BCUT2D eigenvalue weighted by molar-refractivity contribution is -0.384. The highest BCUT2D eigenvalue weighted by atomic mass is 16.6. The van der Waals surface area contributed by atoms with Crippen LogP contribution in [0.25, 0.3) is 0 Å². The van der Waals surface area contributed by atoms with E-state index in [1.807, 2.05) is 6.92 Å². The van der Waals surface area contributed by atoms with E-state index in [-0.39, 0.29) is 18.1 Å². The second-order valence-electron chi connectivity index (χ2n) is 5.78. The number of nitro benzene ring substituents is 1. The third-order valence-electron chi connectivity index (χ3n) is 4.12. The molecule has 0 spiro atoms. The number of para-hydroxylation sites is 2. The maximum atomic E-state index is 12.4. The molecular formula is C18H22N4O5. The number of ether oxygens (including phenoxy) is 1. The molecule has 0 aliphatic rings. The normalized spacial score (nSPS) is 10.3. The van der Waals surface area contributed by atoms with Crippen molar-refractivity contribution < 1.29 is 19.2 Å². The molecule has 1 aromatic heterocycles. The number of aromatic amines is 1. The van der Waals surface area contributed by atoms with Crippen LogP contribution in [0.5, 0.6) is 0 Å². The highest BCUT2D eigenvalue weighted by Crippen LogP contribution is 2.23. The molecule has 0 aliphatic heterocycles. The molecule has 1 amide bonds. The molecule has 9 heteroatoms. The Morgan fingerprint density at radius 2 is 1.96 bits per heavy atom. The van der Waals surface area contributed by atoms with Crippen LogP contribution in [0.3, 0.4) is 0 Å². The first-order chi connectivity index (χ1) is 12.9. The Morgan fingerprint density at radius 3 is 2.59 bits per heavy atom. The molecule has 1 aromatic carbocycles. The second-order valence-corrected chi connectivity index (χ2v) is 5.78. The SMILES string of the molecule is CCc1[nH]c(C(=O)NCCNc2ccccc2[N+](=O)[O-])c(C)c1C(=O)OC. The third kappa shape index (κ3) is 4.43. The van der Waals surface area contributed by atoms with Gasteiger partial charge in [0.1, 0.15) is 11.4 Å². The molecule has 144 valence electrons. The summed E-state index contributed by atoms with van der Waals surface area (Å²) in [4.78, 5) is 37.8. The molecular weight excluding hydrogens is 352 g/mol. The van der Waals surface area contributed by atoms with Crippen LogP contribution in [-0.2, 0) is 11.2 Å². The number of benzene rings is 1. The predicted molar refractivity (Wildman–Crippen MR) is 100 cm³/mol. The van der Waals surface area contributed by atoms with Crippen LogP contribution in [0.2, 0.25) is 0 Å². The number of carbonyl (C=O) groups is 2. The zero-order chi connectivity index (χ0) is 20.0. The van der Waals surface area contributed by atoms with Gasteiger partial charge in [0.05, 0.1) is 17.6 Å². The van der Waals surface area contributed by atoms with E-state index < -0.39 is 10.9 Å². The standard InChI is InChI=1S/C18H22N4O5/c1-4-12-15(18(24)27-3)11(2)16(21-12)17(23)20-10-9-19-13-7-5-6-8-14(13)22(25)26/h5-8,19,21H,4,9-10H2,1-3H3,(H,20,23). The van der Waals surface area contributed by atoms with Gasteiger partial charge in [-0.2, -0.15) is 0 Å². The van der Waals surface area contributed by atoms with E-state index in [1.54, 1.807) is 25.1 Å². The molecule has 0 radical (unpaired) electrons. The number of hydrogen-bond acceptors (Lipinski definition) is 6. The van der Waals surface area contributed by atoms with Crippen LogP contribution in [0.1, 0.15) is 39.0 Å². The van der Waals surface area contributed by atoms with Crippen molar-refractivity contribution in [3.63, 3.8) is 0 Å². The van der Waals surface area contributed by atoms with Crippen molar-refractivity contribution in [3.8, 4) is 0 Å². The van der Waals surface area contributed by atoms with Gasteiger partial charge in [0.15, 0.2) is 0 Å². The monoisotopic (exact) mass is 374 g/mol. The average molecular weight is 374 g/mol. The number of esters is 1. The lowest BCUT2D eigenvalue weighted by Crippen LogP contribution is -2.29. The van der Waals surface area contributed by atoms with E-state index in [2.05, 4.69) is 15.6 Å². The molecule has 27 heavy (non-hydrogen) atoms. The zero-order valence-corrected chi connectivity index (χ0v) is 15.4. The van der Waals surface area contributed by atoms with Gasteiger partial charge in [-0.15, -0.1) is 0 Å². The summed E-state index contributed by atoms with van der Waals surface area (Å²) < 4.78 is 4.78. The zero-order valence-electron chi connectivity index (χ0n) is 15.4. The van der Waals surface area contributed by atoms with Crippen molar-refractivity contribution in [1.82, 2.24) is 10.3 Å². The number of aromatic nitrogens is 1. The van der Waals surface area contributed by atoms with E-state index in [0.717, 1.165) is 0 Å². The van der Waals surface area contributed by atoms with Crippen molar-refractivity contribution in [2.75, 3.05) is 25.5 Å². The Bertz CT molecular complexity index is 859. The van der Waals surface area contributed by atoms with E-state index in [9.17, 15) is 19.7 Å². The summed E-state index contributed by atoms with van der Waals surface area (Å²) in [5.74, 6) is -0.848. The van der Waals surface area contributed by atoms with Gasteiger partial charge in [0.2, 0.25) is 0 Å². The Balaban J connectivity index is 2.00. The summed E-state index contributed by atoms with van der Waals surface area (Å²) in [6.07, 6.45) is 0.553. The molecule has 0 bridgehead atoms. The molecule has 9 nitrogen and oxygen atoms in total. The lowest BCUT2D eigenvalue weighted by atomic mass is 10.1. The molecule has 0 unspecified atom stereocenters. The minimum atomic E-state index is -0.488. The number of H-pyrrole nitrogens is 1. The number of aryl methyl sites for hydroxylation is 1. The van der Waals surface area contributed by atoms with Crippen LogP contribution in [0.15, 0.2) is 24.3 Å². The van der Waals surface area contributed by atoms with E-state index >= 15 is 0 Å². The smallest absolute Gasteiger partial charge is 0.339 e. The number of nitrogens with one attached hydrogen (secondary N) is 3. The van der Waals surface area contributed by atoms with Gasteiger partial charge in [-0.05, 0) is 25.0 Å². The summed E-state index contributed by atoms with van der Waals surface area (Å²) in [6.45, 7) is 4.11. The predicted octanol–water partition coefficient (Wildman–Crippen LogP) is 2.42. The Labute approximate surface area is 156 Å². The van der Waals surface area contributed by atoms with Gasteiger partial charge >= 0.3 is 5.97 Å². The fourth-order valence-corrected chi connectivity index (χ4v) is 2.77. The first-order valence-corrected chi connectivity index (χ1v) is 8.45. The van der Waals surface area contributed by atoms with Gasteiger partial charge in [0, 0.05) is 24.8 Å². The van der Waals surface area contributed by atoms with Crippen LogP contribution in [-0.4, -0.2) is 42.0 Å². The highest BCUT2D eigenvalue weighted by molar-refractivity contribution is 6.00. The lowest BCUT2D eigenvalue weighted by Gasteiger charge is -2.08. The van der Waals surface area contributed by atoms with Gasteiger partial charge in [-0.1, -0.05) is 19.1 Å².